The van der Waals surface area contributed by atoms with Gasteiger partial charge in [0.1, 0.15) is 17.9 Å². The number of ether oxygens (including phenoxy) is 2. The Labute approximate surface area is 223 Å². The van der Waals surface area contributed by atoms with Crippen LogP contribution in [0.5, 0.6) is 5.75 Å². The van der Waals surface area contributed by atoms with E-state index in [1.54, 1.807) is 18.6 Å². The van der Waals surface area contributed by atoms with Crippen molar-refractivity contribution in [2.75, 3.05) is 38.7 Å². The van der Waals surface area contributed by atoms with Gasteiger partial charge in [-0.2, -0.15) is 0 Å². The molecule has 3 atom stereocenters. The summed E-state index contributed by atoms with van der Waals surface area (Å²) >= 11 is 0. The molecule has 0 radical (unpaired) electrons. The summed E-state index contributed by atoms with van der Waals surface area (Å²) in [6.07, 6.45) is 8.75. The van der Waals surface area contributed by atoms with Gasteiger partial charge in [0.2, 0.25) is 5.91 Å². The van der Waals surface area contributed by atoms with Gasteiger partial charge in [-0.15, -0.1) is 0 Å². The second-order valence-corrected chi connectivity index (χ2v) is 10.4. The maximum atomic E-state index is 13.0. The van der Waals surface area contributed by atoms with Gasteiger partial charge in [0.15, 0.2) is 11.6 Å². The lowest BCUT2D eigenvalue weighted by molar-refractivity contribution is -0.127. The number of hydrogen-bond acceptors (Lipinski definition) is 9. The molecule has 1 saturated heterocycles. The second kappa shape index (κ2) is 12.0. The van der Waals surface area contributed by atoms with Crippen LogP contribution < -0.4 is 15.4 Å². The van der Waals surface area contributed by atoms with Crippen LogP contribution in [0.1, 0.15) is 45.4 Å². The molecule has 4 bridgehead atoms. The fourth-order valence-electron chi connectivity index (χ4n) is 4.96. The number of amides is 1. The SMILES string of the molecule is CCCOCc1ncc(-c2ccc3ncc4nc3c2OCCC(C)CNC(=O)[C@@H]2C[C@H](CCN2C)N4)cn1. The molecule has 2 aromatic heterocycles. The minimum Gasteiger partial charge on any atom is -0.491 e. The van der Waals surface area contributed by atoms with Crippen molar-refractivity contribution >= 4 is 22.8 Å². The molecule has 2 aliphatic rings. The monoisotopic (exact) mass is 519 g/mol. The highest BCUT2D eigenvalue weighted by Crippen LogP contribution is 2.36. The molecule has 1 fully saturated rings. The molecule has 4 heterocycles. The Kier molecular flexibility index (Phi) is 8.29. The van der Waals surface area contributed by atoms with Crippen LogP contribution in [-0.2, 0) is 16.1 Å². The lowest BCUT2D eigenvalue weighted by atomic mass is 9.96. The third-order valence-corrected chi connectivity index (χ3v) is 7.27. The first-order chi connectivity index (χ1) is 18.5. The molecule has 202 valence electrons. The van der Waals surface area contributed by atoms with Crippen LogP contribution in [-0.4, -0.2) is 76.2 Å². The topological polar surface area (TPSA) is 114 Å². The van der Waals surface area contributed by atoms with Crippen molar-refractivity contribution in [3.63, 3.8) is 0 Å². The normalized spacial score (nSPS) is 22.7. The van der Waals surface area contributed by atoms with E-state index in [-0.39, 0.29) is 23.9 Å². The Balaban J connectivity index is 1.49. The molecule has 0 spiro atoms. The third-order valence-electron chi connectivity index (χ3n) is 7.27. The van der Waals surface area contributed by atoms with E-state index in [2.05, 4.69) is 44.3 Å². The Morgan fingerprint density at radius 2 is 2.00 bits per heavy atom. The molecule has 2 aliphatic heterocycles. The minimum absolute atomic E-state index is 0.0808. The van der Waals surface area contributed by atoms with Gasteiger partial charge in [0.05, 0.1) is 24.4 Å². The predicted molar refractivity (Wildman–Crippen MR) is 146 cm³/mol. The lowest BCUT2D eigenvalue weighted by Crippen LogP contribution is -2.52. The van der Waals surface area contributed by atoms with Gasteiger partial charge in [-0.05, 0) is 50.8 Å². The van der Waals surface area contributed by atoms with Crippen LogP contribution in [0.2, 0.25) is 0 Å². The smallest absolute Gasteiger partial charge is 0.237 e. The Morgan fingerprint density at radius 1 is 1.16 bits per heavy atom. The summed E-state index contributed by atoms with van der Waals surface area (Å²) < 4.78 is 12.0. The van der Waals surface area contributed by atoms with Crippen LogP contribution in [0.25, 0.3) is 22.2 Å². The first kappa shape index (κ1) is 26.2. The van der Waals surface area contributed by atoms with Crippen molar-refractivity contribution in [2.24, 2.45) is 5.92 Å². The van der Waals surface area contributed by atoms with Crippen molar-refractivity contribution in [1.29, 1.82) is 0 Å². The van der Waals surface area contributed by atoms with Crippen LogP contribution in [0.4, 0.5) is 5.82 Å². The summed E-state index contributed by atoms with van der Waals surface area (Å²) in [5.74, 6) is 2.34. The number of nitrogens with one attached hydrogen (secondary N) is 2. The largest absolute Gasteiger partial charge is 0.491 e. The predicted octanol–water partition coefficient (Wildman–Crippen LogP) is 3.42. The van der Waals surface area contributed by atoms with Crippen molar-refractivity contribution in [1.82, 2.24) is 30.2 Å². The fraction of sp³-hybridized carbons (Fsp3) is 0.536. The number of nitrogens with zero attached hydrogens (tertiary/aromatic N) is 5. The molecular formula is C28H37N7O3. The number of likely N-dealkylation sites (tertiary alicyclic amines) is 1. The van der Waals surface area contributed by atoms with E-state index in [9.17, 15) is 4.79 Å². The van der Waals surface area contributed by atoms with Crippen LogP contribution in [0.3, 0.4) is 0 Å². The highest BCUT2D eigenvalue weighted by Gasteiger charge is 2.31. The molecule has 1 unspecified atom stereocenters. The van der Waals surface area contributed by atoms with Crippen LogP contribution >= 0.6 is 0 Å². The molecule has 1 aromatic carbocycles. The Hall–Kier alpha value is -3.37. The Morgan fingerprint density at radius 3 is 2.82 bits per heavy atom. The standard InChI is InChI=1S/C28H37N7O3/c1-4-10-37-17-25-30-14-19(15-31-25)21-5-6-22-26-27(21)38-11-8-18(2)13-32-28(36)23-12-20(7-9-35(23)3)33-24(34-26)16-29-22/h5-6,14-16,18,20,23H,4,7-13,17H2,1-3H3,(H,32,36)(H,33,34)/t18?,20-,23-/m0/s1. The zero-order valence-corrected chi connectivity index (χ0v) is 22.4. The molecule has 3 aromatic rings. The van der Waals surface area contributed by atoms with Crippen LogP contribution in [0.15, 0.2) is 30.7 Å². The molecule has 10 heteroatoms. The van der Waals surface area contributed by atoms with E-state index in [1.165, 1.54) is 0 Å². The maximum Gasteiger partial charge on any atom is 0.237 e. The summed E-state index contributed by atoms with van der Waals surface area (Å²) in [6.45, 7) is 7.22. The molecule has 1 amide bonds. The number of carbonyl (C=O) groups is 1. The van der Waals surface area contributed by atoms with Crippen molar-refractivity contribution in [3.8, 4) is 16.9 Å². The van der Waals surface area contributed by atoms with Gasteiger partial charge in [-0.3, -0.25) is 14.7 Å². The number of benzene rings is 1. The second-order valence-electron chi connectivity index (χ2n) is 10.4. The molecular weight excluding hydrogens is 482 g/mol. The van der Waals surface area contributed by atoms with Crippen molar-refractivity contribution < 1.29 is 14.3 Å². The number of carbonyl (C=O) groups excluding carboxylic acids is 1. The summed E-state index contributed by atoms with van der Waals surface area (Å²) in [5, 5.41) is 6.69. The number of hydrogen-bond donors (Lipinski definition) is 2. The first-order valence-electron chi connectivity index (χ1n) is 13.6. The zero-order valence-electron chi connectivity index (χ0n) is 22.4. The van der Waals surface area contributed by atoms with Gasteiger partial charge in [0, 0.05) is 49.3 Å². The molecule has 10 nitrogen and oxygen atoms in total. The molecule has 38 heavy (non-hydrogen) atoms. The van der Waals surface area contributed by atoms with E-state index >= 15 is 0 Å². The first-order valence-corrected chi connectivity index (χ1v) is 13.6. The van der Waals surface area contributed by atoms with Crippen molar-refractivity contribution in [3.05, 3.63) is 36.5 Å². The van der Waals surface area contributed by atoms with Crippen molar-refractivity contribution in [2.45, 2.75) is 58.2 Å². The van der Waals surface area contributed by atoms with E-state index in [0.29, 0.717) is 55.7 Å². The number of anilines is 1. The number of piperidine rings is 1. The fourth-order valence-corrected chi connectivity index (χ4v) is 4.96. The number of aromatic nitrogens is 4. The number of fused-ring (bicyclic) bond motifs is 3. The maximum absolute atomic E-state index is 13.0. The number of likely N-dealkylation sites (N-methyl/N-ethyl adjacent to an activating group) is 1. The average molecular weight is 520 g/mol. The van der Waals surface area contributed by atoms with Gasteiger partial charge in [-0.1, -0.05) is 13.8 Å². The van der Waals surface area contributed by atoms with E-state index in [4.69, 9.17) is 14.5 Å². The third kappa shape index (κ3) is 6.02. The molecule has 5 rings (SSSR count). The Bertz CT molecular complexity index is 1250. The molecule has 0 saturated carbocycles. The van der Waals surface area contributed by atoms with Gasteiger partial charge >= 0.3 is 0 Å². The highest BCUT2D eigenvalue weighted by molar-refractivity contribution is 5.90. The van der Waals surface area contributed by atoms with E-state index in [0.717, 1.165) is 42.5 Å². The lowest BCUT2D eigenvalue weighted by Gasteiger charge is -2.36. The van der Waals surface area contributed by atoms with Gasteiger partial charge < -0.3 is 20.1 Å². The quantitative estimate of drug-likeness (QED) is 0.489. The van der Waals surface area contributed by atoms with Gasteiger partial charge in [0.25, 0.3) is 0 Å². The average Bonchev–Trinajstić information content (AvgIpc) is 2.93. The van der Waals surface area contributed by atoms with Gasteiger partial charge in [-0.25, -0.2) is 15.0 Å². The minimum atomic E-state index is -0.166. The van der Waals surface area contributed by atoms with E-state index in [1.807, 2.05) is 19.2 Å². The summed E-state index contributed by atoms with van der Waals surface area (Å²) in [5.41, 5.74) is 3.17. The zero-order chi connectivity index (χ0) is 26.5. The number of rotatable bonds is 5. The summed E-state index contributed by atoms with van der Waals surface area (Å²) in [7, 11) is 2.02. The highest BCUT2D eigenvalue weighted by atomic mass is 16.5. The molecule has 2 N–H and O–H groups in total. The molecule has 0 aliphatic carbocycles. The van der Waals surface area contributed by atoms with E-state index < -0.39 is 0 Å². The van der Waals surface area contributed by atoms with Crippen LogP contribution in [0, 0.1) is 5.92 Å². The summed E-state index contributed by atoms with van der Waals surface area (Å²) in [6, 6.07) is 3.91. The summed E-state index contributed by atoms with van der Waals surface area (Å²) in [4.78, 5) is 33.8.